The van der Waals surface area contributed by atoms with Crippen LogP contribution in [-0.4, -0.2) is 31.4 Å². The van der Waals surface area contributed by atoms with Gasteiger partial charge in [-0.1, -0.05) is 12.1 Å². The number of hydrogen-bond acceptors (Lipinski definition) is 6. The third kappa shape index (κ3) is 4.10. The number of carbonyl (C=O) groups is 2. The van der Waals surface area contributed by atoms with Gasteiger partial charge in [-0.2, -0.15) is 5.10 Å². The minimum atomic E-state index is -0.895. The molecule has 0 bridgehead atoms. The molecule has 2 aromatic rings. The second kappa shape index (κ2) is 8.02. The molecule has 0 saturated carbocycles. The van der Waals surface area contributed by atoms with Gasteiger partial charge in [0, 0.05) is 0 Å². The summed E-state index contributed by atoms with van der Waals surface area (Å²) in [5, 5.41) is 6.27. The minimum absolute atomic E-state index is 0.177. The molecule has 0 aromatic heterocycles. The highest BCUT2D eigenvalue weighted by molar-refractivity contribution is 6.39. The monoisotopic (exact) mass is 355 g/mol. The number of amides is 2. The Morgan fingerprint density at radius 3 is 2.81 bits per heavy atom. The lowest BCUT2D eigenvalue weighted by atomic mass is 10.2. The Morgan fingerprint density at radius 2 is 1.96 bits per heavy atom. The van der Waals surface area contributed by atoms with Crippen molar-refractivity contribution in [1.82, 2.24) is 5.43 Å². The van der Waals surface area contributed by atoms with Gasteiger partial charge in [0.15, 0.2) is 11.5 Å². The molecule has 0 radical (unpaired) electrons. The van der Waals surface area contributed by atoms with Crippen molar-refractivity contribution in [3.05, 3.63) is 48.0 Å². The third-order valence-electron chi connectivity index (χ3n) is 3.42. The van der Waals surface area contributed by atoms with E-state index in [0.717, 1.165) is 0 Å². The lowest BCUT2D eigenvalue weighted by Crippen LogP contribution is -2.32. The van der Waals surface area contributed by atoms with Crippen LogP contribution in [0.3, 0.4) is 0 Å². The zero-order valence-corrected chi connectivity index (χ0v) is 14.0. The summed E-state index contributed by atoms with van der Waals surface area (Å²) < 4.78 is 15.9. The number of carbonyl (C=O) groups excluding carboxylic acids is 2. The Morgan fingerprint density at radius 1 is 1.15 bits per heavy atom. The number of hydrogen-bond donors (Lipinski definition) is 2. The number of benzene rings is 2. The van der Waals surface area contributed by atoms with Gasteiger partial charge in [0.25, 0.3) is 0 Å². The van der Waals surface area contributed by atoms with E-state index in [9.17, 15) is 9.59 Å². The highest BCUT2D eigenvalue weighted by Gasteiger charge is 2.15. The van der Waals surface area contributed by atoms with Crippen LogP contribution in [0.1, 0.15) is 12.5 Å². The number of ether oxygens (including phenoxy) is 3. The van der Waals surface area contributed by atoms with Gasteiger partial charge in [-0.15, -0.1) is 0 Å². The normalized spacial score (nSPS) is 12.0. The summed E-state index contributed by atoms with van der Waals surface area (Å²) in [6.07, 6.45) is 1.40. The van der Waals surface area contributed by atoms with Gasteiger partial charge < -0.3 is 19.5 Å². The second-order valence-corrected chi connectivity index (χ2v) is 5.20. The van der Waals surface area contributed by atoms with E-state index in [1.807, 2.05) is 6.92 Å². The third-order valence-corrected chi connectivity index (χ3v) is 3.42. The van der Waals surface area contributed by atoms with E-state index in [-0.39, 0.29) is 6.79 Å². The quantitative estimate of drug-likeness (QED) is 0.485. The molecular weight excluding hydrogens is 338 g/mol. The van der Waals surface area contributed by atoms with E-state index in [0.29, 0.717) is 35.1 Å². The Balaban J connectivity index is 1.57. The van der Waals surface area contributed by atoms with Gasteiger partial charge in [0.1, 0.15) is 5.75 Å². The van der Waals surface area contributed by atoms with Gasteiger partial charge >= 0.3 is 11.8 Å². The first kappa shape index (κ1) is 17.3. The molecule has 3 rings (SSSR count). The molecule has 0 unspecified atom stereocenters. The number of hydrazone groups is 1. The molecule has 26 heavy (non-hydrogen) atoms. The van der Waals surface area contributed by atoms with Crippen molar-refractivity contribution in [2.24, 2.45) is 5.10 Å². The molecule has 2 amide bonds. The fourth-order valence-corrected chi connectivity index (χ4v) is 2.24. The standard InChI is InChI=1S/C18H17N3O5/c1-2-24-14-6-4-3-5-13(14)20-17(22)18(23)21-19-10-12-7-8-15-16(9-12)26-11-25-15/h3-10H,2,11H2,1H3,(H,20,22)(H,21,23)/b19-10+. The summed E-state index contributed by atoms with van der Waals surface area (Å²) in [5.74, 6) is -0.00243. The first-order valence-electron chi connectivity index (χ1n) is 7.93. The molecule has 0 saturated heterocycles. The van der Waals surface area contributed by atoms with Crippen LogP contribution >= 0.6 is 0 Å². The fraction of sp³-hybridized carbons (Fsp3) is 0.167. The highest BCUT2D eigenvalue weighted by Crippen LogP contribution is 2.31. The maximum absolute atomic E-state index is 12.0. The summed E-state index contributed by atoms with van der Waals surface area (Å²) in [7, 11) is 0. The van der Waals surface area contributed by atoms with Gasteiger partial charge in [0.2, 0.25) is 6.79 Å². The zero-order valence-electron chi connectivity index (χ0n) is 14.0. The second-order valence-electron chi connectivity index (χ2n) is 5.20. The molecule has 0 aliphatic carbocycles. The predicted octanol–water partition coefficient (Wildman–Crippen LogP) is 1.90. The number of fused-ring (bicyclic) bond motifs is 1. The summed E-state index contributed by atoms with van der Waals surface area (Å²) >= 11 is 0. The zero-order chi connectivity index (χ0) is 18.4. The van der Waals surface area contributed by atoms with Crippen LogP contribution < -0.4 is 25.0 Å². The molecule has 1 aliphatic rings. The molecular formula is C18H17N3O5. The lowest BCUT2D eigenvalue weighted by molar-refractivity contribution is -0.136. The Kier molecular flexibility index (Phi) is 5.33. The van der Waals surface area contributed by atoms with E-state index in [1.54, 1.807) is 42.5 Å². The van der Waals surface area contributed by atoms with Crippen molar-refractivity contribution >= 4 is 23.7 Å². The molecule has 0 spiro atoms. The maximum Gasteiger partial charge on any atom is 0.329 e. The molecule has 2 N–H and O–H groups in total. The van der Waals surface area contributed by atoms with E-state index in [1.165, 1.54) is 6.21 Å². The molecule has 1 aliphatic heterocycles. The van der Waals surface area contributed by atoms with Crippen molar-refractivity contribution in [2.45, 2.75) is 6.92 Å². The number of anilines is 1. The summed E-state index contributed by atoms with van der Waals surface area (Å²) in [6.45, 7) is 2.45. The van der Waals surface area contributed by atoms with Gasteiger partial charge in [-0.05, 0) is 42.8 Å². The van der Waals surface area contributed by atoms with E-state index >= 15 is 0 Å². The van der Waals surface area contributed by atoms with Crippen LogP contribution in [-0.2, 0) is 9.59 Å². The first-order chi connectivity index (χ1) is 12.7. The van der Waals surface area contributed by atoms with Crippen molar-refractivity contribution in [3.8, 4) is 17.2 Å². The highest BCUT2D eigenvalue weighted by atomic mass is 16.7. The maximum atomic E-state index is 12.0. The summed E-state index contributed by atoms with van der Waals surface area (Å²) in [6, 6.07) is 12.1. The van der Waals surface area contributed by atoms with Crippen molar-refractivity contribution < 1.29 is 23.8 Å². The Hall–Kier alpha value is -3.55. The SMILES string of the molecule is CCOc1ccccc1NC(=O)C(=O)N/N=C/c1ccc2c(c1)OCO2. The van der Waals surface area contributed by atoms with Crippen LogP contribution in [0.5, 0.6) is 17.2 Å². The van der Waals surface area contributed by atoms with Crippen LogP contribution in [0.2, 0.25) is 0 Å². The molecule has 1 heterocycles. The summed E-state index contributed by atoms with van der Waals surface area (Å²) in [5.41, 5.74) is 3.28. The summed E-state index contributed by atoms with van der Waals surface area (Å²) in [4.78, 5) is 23.8. The van der Waals surface area contributed by atoms with Crippen molar-refractivity contribution in [2.75, 3.05) is 18.7 Å². The Bertz CT molecular complexity index is 850. The van der Waals surface area contributed by atoms with E-state index in [4.69, 9.17) is 14.2 Å². The minimum Gasteiger partial charge on any atom is -0.492 e. The van der Waals surface area contributed by atoms with Crippen LogP contribution in [0.15, 0.2) is 47.6 Å². The average molecular weight is 355 g/mol. The number of para-hydroxylation sites is 2. The predicted molar refractivity (Wildman–Crippen MR) is 94.5 cm³/mol. The number of nitrogens with zero attached hydrogens (tertiary/aromatic N) is 1. The van der Waals surface area contributed by atoms with Crippen molar-refractivity contribution in [3.63, 3.8) is 0 Å². The molecule has 8 nitrogen and oxygen atoms in total. The van der Waals surface area contributed by atoms with E-state index in [2.05, 4.69) is 15.8 Å². The molecule has 134 valence electrons. The van der Waals surface area contributed by atoms with Gasteiger partial charge in [-0.25, -0.2) is 5.43 Å². The molecule has 0 atom stereocenters. The van der Waals surface area contributed by atoms with Crippen LogP contribution in [0, 0.1) is 0 Å². The largest absolute Gasteiger partial charge is 0.492 e. The van der Waals surface area contributed by atoms with Crippen LogP contribution in [0.4, 0.5) is 5.69 Å². The topological polar surface area (TPSA) is 98.2 Å². The van der Waals surface area contributed by atoms with E-state index < -0.39 is 11.8 Å². The molecule has 8 heteroatoms. The fourth-order valence-electron chi connectivity index (χ4n) is 2.24. The average Bonchev–Trinajstić information content (AvgIpc) is 3.11. The Labute approximate surface area is 149 Å². The molecule has 0 fully saturated rings. The van der Waals surface area contributed by atoms with Crippen LogP contribution in [0.25, 0.3) is 0 Å². The first-order valence-corrected chi connectivity index (χ1v) is 7.93. The van der Waals surface area contributed by atoms with Gasteiger partial charge in [-0.3, -0.25) is 9.59 Å². The van der Waals surface area contributed by atoms with Crippen molar-refractivity contribution in [1.29, 1.82) is 0 Å². The van der Waals surface area contributed by atoms with Gasteiger partial charge in [0.05, 0.1) is 18.5 Å². The smallest absolute Gasteiger partial charge is 0.329 e. The molecule has 2 aromatic carbocycles. The number of rotatable bonds is 5. The number of nitrogens with one attached hydrogen (secondary N) is 2. The lowest BCUT2D eigenvalue weighted by Gasteiger charge is -2.10.